The summed E-state index contributed by atoms with van der Waals surface area (Å²) in [6.07, 6.45) is 0.590. The normalized spacial score (nSPS) is 17.8. The summed E-state index contributed by atoms with van der Waals surface area (Å²) in [5.41, 5.74) is 1.79. The fourth-order valence-electron chi connectivity index (χ4n) is 2.59. The van der Waals surface area contributed by atoms with Gasteiger partial charge < -0.3 is 0 Å². The molecule has 25 heavy (non-hydrogen) atoms. The summed E-state index contributed by atoms with van der Waals surface area (Å²) in [4.78, 5) is 4.52. The van der Waals surface area contributed by atoms with Gasteiger partial charge in [0.2, 0.25) is 20.0 Å². The molecule has 0 unspecified atom stereocenters. The van der Waals surface area contributed by atoms with Crippen molar-refractivity contribution in [1.82, 2.24) is 14.0 Å². The van der Waals surface area contributed by atoms with Crippen LogP contribution in [0.15, 0.2) is 34.5 Å². The molecule has 0 aliphatic carbocycles. The van der Waals surface area contributed by atoms with Crippen molar-refractivity contribution in [1.29, 1.82) is 0 Å². The number of hydrogen-bond acceptors (Lipinski definition) is 6. The lowest BCUT2D eigenvalue weighted by Crippen LogP contribution is -2.35. The number of thiazole rings is 1. The molecule has 0 atom stereocenters. The number of aryl methyl sites for hydroxylation is 1. The second-order valence-electron chi connectivity index (χ2n) is 5.78. The van der Waals surface area contributed by atoms with Crippen LogP contribution in [-0.4, -0.2) is 51.5 Å². The van der Waals surface area contributed by atoms with Crippen molar-refractivity contribution >= 4 is 31.4 Å². The minimum absolute atomic E-state index is 0.0506. The number of nitrogens with zero attached hydrogens (tertiary/aromatic N) is 2. The van der Waals surface area contributed by atoms with E-state index in [9.17, 15) is 16.8 Å². The van der Waals surface area contributed by atoms with E-state index in [0.717, 1.165) is 16.3 Å². The number of aromatic nitrogens is 1. The second kappa shape index (κ2) is 7.12. The Morgan fingerprint density at radius 1 is 1.28 bits per heavy atom. The van der Waals surface area contributed by atoms with Gasteiger partial charge in [-0.1, -0.05) is 12.1 Å². The number of sulfonamides is 2. The molecule has 3 rings (SSSR count). The van der Waals surface area contributed by atoms with Crippen LogP contribution in [0, 0.1) is 6.92 Å². The van der Waals surface area contributed by atoms with E-state index < -0.39 is 20.0 Å². The van der Waals surface area contributed by atoms with Crippen LogP contribution in [0.2, 0.25) is 0 Å². The smallest absolute Gasteiger partial charge is 0.240 e. The third-order valence-electron chi connectivity index (χ3n) is 3.89. The van der Waals surface area contributed by atoms with Crippen LogP contribution in [0.3, 0.4) is 0 Å². The number of hydrogen-bond donors (Lipinski definition) is 1. The standard InChI is InChI=1S/C15H19N3O4S3/c1-12-11-23-15(17-12)13-3-5-14(6-4-13)25(21,22)16-7-9-18-8-2-10-24(18,19)20/h3-6,11,16H,2,7-10H2,1H3. The molecule has 1 fully saturated rings. The molecule has 1 aromatic heterocycles. The molecule has 1 aliphatic heterocycles. The molecule has 136 valence electrons. The molecular weight excluding hydrogens is 382 g/mol. The summed E-state index contributed by atoms with van der Waals surface area (Å²) < 4.78 is 51.8. The summed E-state index contributed by atoms with van der Waals surface area (Å²) in [7, 11) is -6.88. The van der Waals surface area contributed by atoms with Crippen LogP contribution >= 0.6 is 11.3 Å². The maximum Gasteiger partial charge on any atom is 0.240 e. The largest absolute Gasteiger partial charge is 0.241 e. The summed E-state index contributed by atoms with van der Waals surface area (Å²) in [5, 5.41) is 2.78. The first-order valence-corrected chi connectivity index (χ1v) is 11.8. The molecule has 1 aliphatic rings. The Balaban J connectivity index is 1.64. The third kappa shape index (κ3) is 4.26. The SMILES string of the molecule is Cc1csc(-c2ccc(S(=O)(=O)NCCN3CCCS3(=O)=O)cc2)n1. The van der Waals surface area contributed by atoms with Crippen LogP contribution in [0.4, 0.5) is 0 Å². The van der Waals surface area contributed by atoms with Gasteiger partial charge in [0.1, 0.15) is 5.01 Å². The van der Waals surface area contributed by atoms with Crippen molar-refractivity contribution < 1.29 is 16.8 Å². The first-order chi connectivity index (χ1) is 11.8. The van der Waals surface area contributed by atoms with Gasteiger partial charge in [-0.2, -0.15) is 0 Å². The highest BCUT2D eigenvalue weighted by Gasteiger charge is 2.28. The van der Waals surface area contributed by atoms with Crippen molar-refractivity contribution in [3.63, 3.8) is 0 Å². The zero-order valence-corrected chi connectivity index (χ0v) is 16.1. The highest BCUT2D eigenvalue weighted by atomic mass is 32.2. The van der Waals surface area contributed by atoms with E-state index in [0.29, 0.717) is 13.0 Å². The van der Waals surface area contributed by atoms with Crippen LogP contribution < -0.4 is 4.72 Å². The van der Waals surface area contributed by atoms with Gasteiger partial charge in [0.15, 0.2) is 0 Å². The topological polar surface area (TPSA) is 96.4 Å². The molecule has 0 amide bonds. The summed E-state index contributed by atoms with van der Waals surface area (Å²) in [6.45, 7) is 2.56. The predicted molar refractivity (Wildman–Crippen MR) is 97.5 cm³/mol. The Labute approximate surface area is 151 Å². The van der Waals surface area contributed by atoms with Crippen molar-refractivity contribution in [3.05, 3.63) is 35.3 Å². The van der Waals surface area contributed by atoms with Gasteiger partial charge in [0, 0.05) is 36.3 Å². The first kappa shape index (κ1) is 18.5. The van der Waals surface area contributed by atoms with Crippen LogP contribution in [0.5, 0.6) is 0 Å². The molecule has 2 aromatic rings. The van der Waals surface area contributed by atoms with E-state index in [1.807, 2.05) is 12.3 Å². The fourth-order valence-corrected chi connectivity index (χ4v) is 5.95. The van der Waals surface area contributed by atoms with Crippen LogP contribution in [0.1, 0.15) is 12.1 Å². The summed E-state index contributed by atoms with van der Waals surface area (Å²) >= 11 is 1.51. The molecular formula is C15H19N3O4S3. The Hall–Kier alpha value is -1.33. The van der Waals surface area contributed by atoms with Gasteiger partial charge in [-0.05, 0) is 25.5 Å². The van der Waals surface area contributed by atoms with E-state index in [2.05, 4.69) is 9.71 Å². The Morgan fingerprint density at radius 2 is 2.00 bits per heavy atom. The van der Waals surface area contributed by atoms with Crippen LogP contribution in [-0.2, 0) is 20.0 Å². The van der Waals surface area contributed by atoms with Crippen molar-refractivity contribution in [3.8, 4) is 10.6 Å². The summed E-state index contributed by atoms with van der Waals surface area (Å²) in [5.74, 6) is 0.136. The van der Waals surface area contributed by atoms with Crippen LogP contribution in [0.25, 0.3) is 10.6 Å². The molecule has 1 saturated heterocycles. The first-order valence-electron chi connectivity index (χ1n) is 7.78. The van der Waals surface area contributed by atoms with Crippen molar-refractivity contribution in [2.24, 2.45) is 0 Å². The lowest BCUT2D eigenvalue weighted by molar-refractivity contribution is 0.444. The maximum atomic E-state index is 12.3. The van der Waals surface area contributed by atoms with Gasteiger partial charge in [-0.25, -0.2) is 30.8 Å². The lowest BCUT2D eigenvalue weighted by atomic mass is 10.2. The van der Waals surface area contributed by atoms with Gasteiger partial charge in [-0.3, -0.25) is 0 Å². The Morgan fingerprint density at radius 3 is 2.56 bits per heavy atom. The highest BCUT2D eigenvalue weighted by Crippen LogP contribution is 2.24. The van der Waals surface area contributed by atoms with E-state index in [1.165, 1.54) is 27.8 Å². The van der Waals surface area contributed by atoms with Gasteiger partial charge >= 0.3 is 0 Å². The minimum Gasteiger partial charge on any atom is -0.241 e. The summed E-state index contributed by atoms with van der Waals surface area (Å²) in [6, 6.07) is 6.50. The molecule has 2 heterocycles. The van der Waals surface area contributed by atoms with E-state index in [4.69, 9.17) is 0 Å². The molecule has 10 heteroatoms. The molecule has 0 spiro atoms. The molecule has 1 N–H and O–H groups in total. The average molecular weight is 402 g/mol. The second-order valence-corrected chi connectivity index (χ2v) is 10.5. The molecule has 0 saturated carbocycles. The predicted octanol–water partition coefficient (Wildman–Crippen LogP) is 1.43. The zero-order chi connectivity index (χ0) is 18.1. The maximum absolute atomic E-state index is 12.3. The monoisotopic (exact) mass is 401 g/mol. The lowest BCUT2D eigenvalue weighted by Gasteiger charge is -2.14. The van der Waals surface area contributed by atoms with E-state index in [-0.39, 0.29) is 23.7 Å². The van der Waals surface area contributed by atoms with Gasteiger partial charge in [0.05, 0.1) is 10.6 Å². The van der Waals surface area contributed by atoms with E-state index in [1.54, 1.807) is 12.1 Å². The Kier molecular flexibility index (Phi) is 5.26. The van der Waals surface area contributed by atoms with E-state index >= 15 is 0 Å². The average Bonchev–Trinajstić information content (AvgIpc) is 3.13. The molecule has 0 bridgehead atoms. The highest BCUT2D eigenvalue weighted by molar-refractivity contribution is 7.89. The molecule has 7 nitrogen and oxygen atoms in total. The Bertz CT molecular complexity index is 950. The van der Waals surface area contributed by atoms with Gasteiger partial charge in [-0.15, -0.1) is 11.3 Å². The number of rotatable bonds is 6. The number of nitrogens with one attached hydrogen (secondary N) is 1. The van der Waals surface area contributed by atoms with Gasteiger partial charge in [0.25, 0.3) is 0 Å². The minimum atomic E-state index is -3.67. The molecule has 1 aromatic carbocycles. The third-order valence-corrected chi connectivity index (χ3v) is 8.33. The zero-order valence-electron chi connectivity index (χ0n) is 13.7. The number of benzene rings is 1. The van der Waals surface area contributed by atoms with Crippen molar-refractivity contribution in [2.75, 3.05) is 25.4 Å². The quantitative estimate of drug-likeness (QED) is 0.790. The fraction of sp³-hybridized carbons (Fsp3) is 0.400. The molecule has 0 radical (unpaired) electrons. The van der Waals surface area contributed by atoms with Crippen molar-refractivity contribution in [2.45, 2.75) is 18.2 Å².